The summed E-state index contributed by atoms with van der Waals surface area (Å²) in [5.74, 6) is 0. The molecule has 5 heterocycles. The van der Waals surface area contributed by atoms with E-state index in [-0.39, 0.29) is 0 Å². The minimum absolute atomic E-state index is 0.983. The van der Waals surface area contributed by atoms with Crippen molar-refractivity contribution < 1.29 is 0 Å². The van der Waals surface area contributed by atoms with Gasteiger partial charge in [0.1, 0.15) is 0 Å². The Morgan fingerprint density at radius 3 is 1.06 bits per heavy atom. The summed E-state index contributed by atoms with van der Waals surface area (Å²) in [6, 6.07) is 35.1. The number of allylic oxidation sites excluding steroid dienone is 4. The summed E-state index contributed by atoms with van der Waals surface area (Å²) in [6.45, 7) is 17.7. The van der Waals surface area contributed by atoms with Gasteiger partial charge >= 0.3 is 0 Å². The molecule has 0 amide bonds. The highest BCUT2D eigenvalue weighted by atomic mass is 14.8. The fourth-order valence-corrected chi connectivity index (χ4v) is 8.09. The predicted molar refractivity (Wildman–Crippen MR) is 220 cm³/mol. The van der Waals surface area contributed by atoms with Crippen LogP contribution in [-0.4, -0.2) is 19.9 Å². The third-order valence-corrected chi connectivity index (χ3v) is 11.8. The van der Waals surface area contributed by atoms with Crippen molar-refractivity contribution >= 4 is 44.4 Å². The van der Waals surface area contributed by atoms with Gasteiger partial charge in [0.05, 0.1) is 33.8 Å². The Kier molecular flexibility index (Phi) is 7.24. The Hall–Kier alpha value is -6.00. The first-order chi connectivity index (χ1) is 25.1. The number of fused-ring (bicyclic) bond motifs is 10. The number of aromatic nitrogens is 4. The van der Waals surface area contributed by atoms with Crippen molar-refractivity contribution in [2.75, 3.05) is 0 Å². The molecule has 6 aliphatic rings. The van der Waals surface area contributed by atoms with Gasteiger partial charge in [0.15, 0.2) is 0 Å². The summed E-state index contributed by atoms with van der Waals surface area (Å²) in [6.07, 6.45) is 0. The molecule has 4 nitrogen and oxygen atoms in total. The summed E-state index contributed by atoms with van der Waals surface area (Å²) in [4.78, 5) is 18.8. The first-order valence-electron chi connectivity index (χ1n) is 18.2. The van der Waals surface area contributed by atoms with Gasteiger partial charge in [-0.2, -0.15) is 0 Å². The van der Waals surface area contributed by atoms with E-state index in [9.17, 15) is 0 Å². The maximum absolute atomic E-state index is 5.48. The molecule has 0 saturated carbocycles. The number of nitrogens with one attached hydrogen (secondary N) is 2. The Morgan fingerprint density at radius 2 is 0.712 bits per heavy atom. The van der Waals surface area contributed by atoms with E-state index in [2.05, 4.69) is 162 Å². The quantitative estimate of drug-likeness (QED) is 0.192. The first-order valence-corrected chi connectivity index (χ1v) is 18.2. The molecule has 8 bridgehead atoms. The fourth-order valence-electron chi connectivity index (χ4n) is 8.09. The molecular weight excluding hydrogens is 633 g/mol. The molecule has 0 saturated heterocycles. The van der Waals surface area contributed by atoms with Gasteiger partial charge in [-0.05, 0) is 170 Å². The van der Waals surface area contributed by atoms with Crippen LogP contribution >= 0.6 is 0 Å². The second kappa shape index (κ2) is 11.8. The van der Waals surface area contributed by atoms with Gasteiger partial charge in [-0.15, -0.1) is 0 Å². The van der Waals surface area contributed by atoms with Crippen LogP contribution in [0.5, 0.6) is 0 Å². The van der Waals surface area contributed by atoms with Gasteiger partial charge in [0.25, 0.3) is 0 Å². The van der Waals surface area contributed by atoms with Crippen LogP contribution in [-0.2, 0) is 0 Å². The molecule has 52 heavy (non-hydrogen) atoms. The highest BCUT2D eigenvalue weighted by Gasteiger charge is 2.25. The third kappa shape index (κ3) is 4.81. The lowest BCUT2D eigenvalue weighted by Crippen LogP contribution is -1.88. The molecule has 0 fully saturated rings. The molecule has 254 valence electrons. The Morgan fingerprint density at radius 1 is 0.365 bits per heavy atom. The van der Waals surface area contributed by atoms with Crippen molar-refractivity contribution in [2.45, 2.75) is 55.4 Å². The molecule has 0 spiro atoms. The number of nitrogens with zero attached hydrogens (tertiary/aromatic N) is 2. The highest BCUT2D eigenvalue weighted by Crippen LogP contribution is 2.44. The van der Waals surface area contributed by atoms with Crippen LogP contribution in [0, 0.1) is 27.7 Å². The van der Waals surface area contributed by atoms with Gasteiger partial charge in [0.2, 0.25) is 0 Å². The second-order valence-corrected chi connectivity index (χ2v) is 14.7. The zero-order valence-electron chi connectivity index (χ0n) is 31.1. The molecular formula is C48H42N4. The van der Waals surface area contributed by atoms with Crippen LogP contribution in [0.1, 0.15) is 72.7 Å². The second-order valence-electron chi connectivity index (χ2n) is 14.7. The van der Waals surface area contributed by atoms with E-state index in [0.717, 1.165) is 67.1 Å². The lowest BCUT2D eigenvalue weighted by atomic mass is 9.98. The molecule has 0 radical (unpaired) electrons. The lowest BCUT2D eigenvalue weighted by molar-refractivity contribution is 1.29. The molecule has 2 aliphatic heterocycles. The third-order valence-electron chi connectivity index (χ3n) is 11.8. The molecule has 0 aromatic carbocycles. The van der Waals surface area contributed by atoms with Crippen LogP contribution in [0.4, 0.5) is 0 Å². The predicted octanol–water partition coefficient (Wildman–Crippen LogP) is 13.0. The van der Waals surface area contributed by atoms with Gasteiger partial charge in [-0.1, -0.05) is 60.7 Å². The highest BCUT2D eigenvalue weighted by molar-refractivity contribution is 6.04. The average molecular weight is 675 g/mol. The van der Waals surface area contributed by atoms with E-state index >= 15 is 0 Å². The van der Waals surface area contributed by atoms with Crippen LogP contribution in [0.3, 0.4) is 0 Å². The van der Waals surface area contributed by atoms with E-state index in [1.807, 2.05) is 0 Å². The van der Waals surface area contributed by atoms with Gasteiger partial charge in [-0.3, -0.25) is 0 Å². The number of H-pyrrole nitrogens is 2. The molecule has 2 N–H and O–H groups in total. The molecule has 3 aromatic heterocycles. The number of hydrogen-bond donors (Lipinski definition) is 2. The van der Waals surface area contributed by atoms with Crippen molar-refractivity contribution in [1.82, 2.24) is 19.9 Å². The van der Waals surface area contributed by atoms with Crippen molar-refractivity contribution in [1.29, 1.82) is 0 Å². The SMILES string of the molecule is CC1=C(C)c2nc1cc1[nH]c(c(C)c1C)c(-c1cc3cccccc-3c1)c1nc(cc3[nH]c(c(C)c3C)c2-c2cc3cccccc-3c2)C(C)=C1C. The molecule has 0 unspecified atom stereocenters. The Labute approximate surface area is 305 Å². The molecule has 9 rings (SSSR count). The summed E-state index contributed by atoms with van der Waals surface area (Å²) in [5, 5.41) is 0. The van der Waals surface area contributed by atoms with Crippen LogP contribution in [0.15, 0.2) is 97.1 Å². The van der Waals surface area contributed by atoms with Crippen molar-refractivity contribution in [2.24, 2.45) is 0 Å². The van der Waals surface area contributed by atoms with Gasteiger partial charge in [-0.25, -0.2) is 9.97 Å². The van der Waals surface area contributed by atoms with Gasteiger partial charge < -0.3 is 9.97 Å². The largest absolute Gasteiger partial charge is 0.354 e. The standard InChI is InChI=1S/C48H42N4/c1-25-29(5)45-43(37-19-33-15-11-9-12-16-34(33)20-37)46-31(7)27(3)41(51-46)24-42-28(4)32(8)48(52-42)44(38-21-35-17-13-10-14-18-36(35)22-38)47-30(6)26(2)40(50-47)23-39(25)49-45/h9-24,49,52H,1-8H3. The smallest absolute Gasteiger partial charge is 0.0768 e. The van der Waals surface area contributed by atoms with Crippen LogP contribution in [0.2, 0.25) is 0 Å². The van der Waals surface area contributed by atoms with Crippen molar-refractivity contribution in [3.8, 4) is 44.5 Å². The average Bonchev–Trinajstić information content (AvgIpc) is 3.89. The number of hydrogen-bond acceptors (Lipinski definition) is 2. The monoisotopic (exact) mass is 674 g/mol. The minimum atomic E-state index is 0.983. The number of aromatic amines is 2. The van der Waals surface area contributed by atoms with E-state index < -0.39 is 0 Å². The number of rotatable bonds is 2. The molecule has 4 aliphatic carbocycles. The van der Waals surface area contributed by atoms with E-state index in [1.165, 1.54) is 66.8 Å². The first kappa shape index (κ1) is 31.9. The summed E-state index contributed by atoms with van der Waals surface area (Å²) < 4.78 is 0. The molecule has 3 aromatic rings. The van der Waals surface area contributed by atoms with E-state index in [0.29, 0.717) is 0 Å². The van der Waals surface area contributed by atoms with Crippen LogP contribution < -0.4 is 0 Å². The normalized spacial score (nSPS) is 13.2. The van der Waals surface area contributed by atoms with E-state index in [4.69, 9.17) is 9.97 Å². The number of aryl methyl sites for hydroxylation is 4. The Bertz CT molecular complexity index is 2560. The summed E-state index contributed by atoms with van der Waals surface area (Å²) in [5.41, 5.74) is 27.4. The maximum atomic E-state index is 5.48. The topological polar surface area (TPSA) is 57.4 Å². The molecule has 4 heteroatoms. The van der Waals surface area contributed by atoms with Gasteiger partial charge in [0, 0.05) is 22.2 Å². The fraction of sp³-hybridized carbons (Fsp3) is 0.167. The zero-order valence-corrected chi connectivity index (χ0v) is 31.1. The minimum Gasteiger partial charge on any atom is -0.354 e. The molecule has 0 atom stereocenters. The maximum Gasteiger partial charge on any atom is 0.0768 e. The van der Waals surface area contributed by atoms with Crippen LogP contribution in [0.25, 0.3) is 88.9 Å². The summed E-state index contributed by atoms with van der Waals surface area (Å²) in [7, 11) is 0. The van der Waals surface area contributed by atoms with Crippen molar-refractivity contribution in [3.05, 3.63) is 142 Å². The van der Waals surface area contributed by atoms with Crippen molar-refractivity contribution in [3.63, 3.8) is 0 Å². The summed E-state index contributed by atoms with van der Waals surface area (Å²) >= 11 is 0. The van der Waals surface area contributed by atoms with E-state index in [1.54, 1.807) is 0 Å². The Balaban J connectivity index is 1.47. The lowest BCUT2D eigenvalue weighted by Gasteiger charge is -2.06. The zero-order chi connectivity index (χ0) is 36.0.